The molecular formula is C17H22Cl2N4O. The first-order valence-electron chi connectivity index (χ1n) is 7.95. The highest BCUT2D eigenvalue weighted by Gasteiger charge is 2.18. The third kappa shape index (κ3) is 4.09. The Hall–Kier alpha value is -1.56. The molecule has 1 aliphatic heterocycles. The number of halogens is 2. The Kier molecular flexibility index (Phi) is 6.66. The lowest BCUT2D eigenvalue weighted by molar-refractivity contribution is 0.0951. The van der Waals surface area contributed by atoms with E-state index in [2.05, 4.69) is 15.7 Å². The van der Waals surface area contributed by atoms with Crippen LogP contribution in [0.4, 0.5) is 0 Å². The fraction of sp³-hybridized carbons (Fsp3) is 0.412. The number of hydrogen-bond donors (Lipinski definition) is 2. The number of nitrogens with one attached hydrogen (secondary N) is 2. The minimum absolute atomic E-state index is 0. The van der Waals surface area contributed by atoms with E-state index in [0.29, 0.717) is 23.0 Å². The summed E-state index contributed by atoms with van der Waals surface area (Å²) in [5.41, 5.74) is 2.16. The van der Waals surface area contributed by atoms with Gasteiger partial charge in [0, 0.05) is 6.54 Å². The predicted octanol–water partition coefficient (Wildman–Crippen LogP) is 2.99. The molecule has 0 radical (unpaired) electrons. The molecule has 0 bridgehead atoms. The summed E-state index contributed by atoms with van der Waals surface area (Å²) >= 11 is 6.21. The zero-order valence-corrected chi connectivity index (χ0v) is 15.2. The highest BCUT2D eigenvalue weighted by Crippen LogP contribution is 2.22. The summed E-state index contributed by atoms with van der Waals surface area (Å²) in [6.45, 7) is 4.72. The Bertz CT molecular complexity index is 696. The van der Waals surface area contributed by atoms with Crippen molar-refractivity contribution in [1.82, 2.24) is 20.4 Å². The van der Waals surface area contributed by atoms with E-state index in [0.717, 1.165) is 30.9 Å². The summed E-state index contributed by atoms with van der Waals surface area (Å²) in [6.07, 6.45) is 3.81. The minimum atomic E-state index is -0.0771. The SMILES string of the molecule is Cc1c(C(=O)NCCC2CCNC2)cnn1-c1ccccc1Cl.Cl. The number of nitrogens with zero attached hydrogens (tertiary/aromatic N) is 2. The van der Waals surface area contributed by atoms with Crippen molar-refractivity contribution in [2.24, 2.45) is 5.92 Å². The second-order valence-corrected chi connectivity index (χ2v) is 6.32. The van der Waals surface area contributed by atoms with E-state index in [4.69, 9.17) is 11.6 Å². The lowest BCUT2D eigenvalue weighted by Crippen LogP contribution is -2.26. The molecule has 2 N–H and O–H groups in total. The van der Waals surface area contributed by atoms with Crippen LogP contribution in [-0.4, -0.2) is 35.3 Å². The van der Waals surface area contributed by atoms with Crippen molar-refractivity contribution in [2.75, 3.05) is 19.6 Å². The normalized spacial score (nSPS) is 16.7. The van der Waals surface area contributed by atoms with Crippen LogP contribution in [0.3, 0.4) is 0 Å². The van der Waals surface area contributed by atoms with Gasteiger partial charge in [0.05, 0.1) is 28.2 Å². The van der Waals surface area contributed by atoms with Crippen LogP contribution >= 0.6 is 24.0 Å². The van der Waals surface area contributed by atoms with Crippen LogP contribution in [0, 0.1) is 12.8 Å². The first-order valence-corrected chi connectivity index (χ1v) is 8.33. The van der Waals surface area contributed by atoms with Crippen LogP contribution in [0.5, 0.6) is 0 Å². The first kappa shape index (κ1) is 18.8. The molecule has 1 saturated heterocycles. The Labute approximate surface area is 153 Å². The quantitative estimate of drug-likeness (QED) is 0.852. The number of amides is 1. The van der Waals surface area contributed by atoms with E-state index < -0.39 is 0 Å². The van der Waals surface area contributed by atoms with Crippen LogP contribution in [0.25, 0.3) is 5.69 Å². The maximum Gasteiger partial charge on any atom is 0.254 e. The highest BCUT2D eigenvalue weighted by molar-refractivity contribution is 6.32. The van der Waals surface area contributed by atoms with Crippen molar-refractivity contribution in [2.45, 2.75) is 19.8 Å². The Balaban J connectivity index is 0.00000208. The van der Waals surface area contributed by atoms with Gasteiger partial charge in [-0.15, -0.1) is 12.4 Å². The molecule has 0 saturated carbocycles. The molecule has 0 spiro atoms. The van der Waals surface area contributed by atoms with Crippen molar-refractivity contribution in [3.05, 3.63) is 46.7 Å². The third-order valence-corrected chi connectivity index (χ3v) is 4.66. The van der Waals surface area contributed by atoms with Gasteiger partial charge in [0.2, 0.25) is 0 Å². The van der Waals surface area contributed by atoms with Crippen molar-refractivity contribution in [1.29, 1.82) is 0 Å². The molecule has 3 rings (SSSR count). The first-order chi connectivity index (χ1) is 11.2. The van der Waals surface area contributed by atoms with Gasteiger partial charge >= 0.3 is 0 Å². The van der Waals surface area contributed by atoms with Crippen molar-refractivity contribution in [3.63, 3.8) is 0 Å². The average molecular weight is 369 g/mol. The Morgan fingerprint density at radius 2 is 2.25 bits per heavy atom. The van der Waals surface area contributed by atoms with Crippen LogP contribution in [0.2, 0.25) is 5.02 Å². The van der Waals surface area contributed by atoms with Gasteiger partial charge < -0.3 is 10.6 Å². The van der Waals surface area contributed by atoms with E-state index in [1.807, 2.05) is 31.2 Å². The molecule has 2 aromatic rings. The van der Waals surface area contributed by atoms with Gasteiger partial charge in [0.25, 0.3) is 5.91 Å². The topological polar surface area (TPSA) is 59.0 Å². The molecular weight excluding hydrogens is 347 g/mol. The number of para-hydroxylation sites is 1. The maximum atomic E-state index is 12.4. The molecule has 1 unspecified atom stereocenters. The largest absolute Gasteiger partial charge is 0.352 e. The Morgan fingerprint density at radius 1 is 1.46 bits per heavy atom. The molecule has 1 aliphatic rings. The second-order valence-electron chi connectivity index (χ2n) is 5.91. The van der Waals surface area contributed by atoms with E-state index in [9.17, 15) is 4.79 Å². The molecule has 24 heavy (non-hydrogen) atoms. The number of hydrogen-bond acceptors (Lipinski definition) is 3. The zero-order valence-electron chi connectivity index (χ0n) is 13.6. The summed E-state index contributed by atoms with van der Waals surface area (Å²) in [6, 6.07) is 7.47. The molecule has 0 aliphatic carbocycles. The summed E-state index contributed by atoms with van der Waals surface area (Å²) in [4.78, 5) is 12.4. The smallest absolute Gasteiger partial charge is 0.254 e. The predicted molar refractivity (Wildman–Crippen MR) is 98.5 cm³/mol. The summed E-state index contributed by atoms with van der Waals surface area (Å²) in [7, 11) is 0. The number of benzene rings is 1. The monoisotopic (exact) mass is 368 g/mol. The van der Waals surface area contributed by atoms with Gasteiger partial charge in [-0.3, -0.25) is 4.79 Å². The van der Waals surface area contributed by atoms with Crippen LogP contribution in [0.15, 0.2) is 30.5 Å². The number of carbonyl (C=O) groups excluding carboxylic acids is 1. The molecule has 1 aromatic carbocycles. The molecule has 7 heteroatoms. The van der Waals surface area contributed by atoms with Crippen LogP contribution in [-0.2, 0) is 0 Å². The molecule has 130 valence electrons. The van der Waals surface area contributed by atoms with Gasteiger partial charge in [-0.05, 0) is 50.9 Å². The number of carbonyl (C=O) groups is 1. The molecule has 1 aromatic heterocycles. The summed E-state index contributed by atoms with van der Waals surface area (Å²) in [5.74, 6) is 0.592. The van der Waals surface area contributed by atoms with Crippen LogP contribution < -0.4 is 10.6 Å². The minimum Gasteiger partial charge on any atom is -0.352 e. The van der Waals surface area contributed by atoms with Gasteiger partial charge in [-0.25, -0.2) is 4.68 Å². The van der Waals surface area contributed by atoms with Gasteiger partial charge in [-0.1, -0.05) is 23.7 Å². The number of rotatable bonds is 5. The van der Waals surface area contributed by atoms with Crippen molar-refractivity contribution >= 4 is 29.9 Å². The lowest BCUT2D eigenvalue weighted by atomic mass is 10.1. The fourth-order valence-corrected chi connectivity index (χ4v) is 3.16. The molecule has 1 atom stereocenters. The lowest BCUT2D eigenvalue weighted by Gasteiger charge is -2.10. The summed E-state index contributed by atoms with van der Waals surface area (Å²) in [5, 5.41) is 11.3. The average Bonchev–Trinajstić information content (AvgIpc) is 3.18. The standard InChI is InChI=1S/C17H21ClN4O.ClH/c1-12-14(17(23)20-9-7-13-6-8-19-10-13)11-21-22(12)16-5-3-2-4-15(16)18;/h2-5,11,13,19H,6-10H2,1H3,(H,20,23);1H. The number of aromatic nitrogens is 2. The van der Waals surface area contributed by atoms with E-state index in [1.54, 1.807) is 10.9 Å². The second kappa shape index (κ2) is 8.51. The van der Waals surface area contributed by atoms with E-state index in [1.165, 1.54) is 6.42 Å². The third-order valence-electron chi connectivity index (χ3n) is 4.34. The molecule has 1 fully saturated rings. The molecule has 5 nitrogen and oxygen atoms in total. The van der Waals surface area contributed by atoms with Gasteiger partial charge in [0.15, 0.2) is 0 Å². The van der Waals surface area contributed by atoms with E-state index >= 15 is 0 Å². The van der Waals surface area contributed by atoms with Crippen molar-refractivity contribution < 1.29 is 4.79 Å². The van der Waals surface area contributed by atoms with Crippen molar-refractivity contribution in [3.8, 4) is 5.69 Å². The van der Waals surface area contributed by atoms with E-state index in [-0.39, 0.29) is 18.3 Å². The molecule has 2 heterocycles. The fourth-order valence-electron chi connectivity index (χ4n) is 2.94. The maximum absolute atomic E-state index is 12.4. The van der Waals surface area contributed by atoms with Gasteiger partial charge in [-0.2, -0.15) is 5.10 Å². The van der Waals surface area contributed by atoms with Crippen LogP contribution in [0.1, 0.15) is 28.9 Å². The summed E-state index contributed by atoms with van der Waals surface area (Å²) < 4.78 is 1.71. The highest BCUT2D eigenvalue weighted by atomic mass is 35.5. The van der Waals surface area contributed by atoms with Gasteiger partial charge in [0.1, 0.15) is 0 Å². The molecule has 1 amide bonds. The zero-order chi connectivity index (χ0) is 16.2. The Morgan fingerprint density at radius 3 is 2.96 bits per heavy atom.